The van der Waals surface area contributed by atoms with Crippen LogP contribution >= 0.6 is 12.4 Å². The molecule has 0 amide bonds. The molecule has 0 bridgehead atoms. The normalized spacial score (nSPS) is 23.2. The van der Waals surface area contributed by atoms with Crippen LogP contribution in [0.25, 0.3) is 0 Å². The lowest BCUT2D eigenvalue weighted by atomic mass is 10.1. The summed E-state index contributed by atoms with van der Waals surface area (Å²) < 4.78 is 51.7. The summed E-state index contributed by atoms with van der Waals surface area (Å²) in [7, 11) is 0. The number of hydrogen-bond donors (Lipinski definition) is 1. The zero-order valence-corrected chi connectivity index (χ0v) is 14.1. The summed E-state index contributed by atoms with van der Waals surface area (Å²) in [6, 6.07) is 3.78. The topological polar surface area (TPSA) is 18.5 Å². The van der Waals surface area contributed by atoms with Crippen LogP contribution in [-0.4, -0.2) is 55.1 Å². The van der Waals surface area contributed by atoms with Crippen LogP contribution in [0.3, 0.4) is 0 Å². The maximum atomic E-state index is 13.3. The molecule has 2 fully saturated rings. The summed E-state index contributed by atoms with van der Waals surface area (Å²) in [6.45, 7) is 6.19. The number of hydrogen-bond acceptors (Lipinski definition) is 3. The number of alkyl halides is 3. The zero-order valence-electron chi connectivity index (χ0n) is 13.3. The molecule has 0 aromatic heterocycles. The average Bonchev–Trinajstić information content (AvgIpc) is 2.97. The molecule has 136 valence electrons. The third-order valence-electron chi connectivity index (χ3n) is 4.66. The predicted octanol–water partition coefficient (Wildman–Crippen LogP) is 2.75. The first-order valence-corrected chi connectivity index (χ1v) is 7.96. The second-order valence-corrected chi connectivity index (χ2v) is 6.28. The number of nitrogens with zero attached hydrogens (tertiary/aromatic N) is 2. The number of likely N-dealkylation sites (tertiary alicyclic amines) is 1. The SMILES string of the molecule is Cl.Fc1ccc(CN2CCC(N3CCNCC3)C2)cc1C(F)(F)F. The highest BCUT2D eigenvalue weighted by Crippen LogP contribution is 2.32. The van der Waals surface area contributed by atoms with E-state index in [9.17, 15) is 17.6 Å². The Kier molecular flexibility index (Phi) is 6.47. The van der Waals surface area contributed by atoms with Crippen molar-refractivity contribution in [3.63, 3.8) is 0 Å². The van der Waals surface area contributed by atoms with Crippen LogP contribution in [0.2, 0.25) is 0 Å². The van der Waals surface area contributed by atoms with Crippen LogP contribution in [0.1, 0.15) is 17.5 Å². The van der Waals surface area contributed by atoms with Crippen molar-refractivity contribution in [1.29, 1.82) is 0 Å². The van der Waals surface area contributed by atoms with E-state index < -0.39 is 17.6 Å². The largest absolute Gasteiger partial charge is 0.419 e. The van der Waals surface area contributed by atoms with Crippen LogP contribution in [0.15, 0.2) is 18.2 Å². The monoisotopic (exact) mass is 367 g/mol. The predicted molar refractivity (Wildman–Crippen MR) is 86.8 cm³/mol. The summed E-state index contributed by atoms with van der Waals surface area (Å²) in [5.41, 5.74) is -0.660. The highest BCUT2D eigenvalue weighted by molar-refractivity contribution is 5.85. The molecular weight excluding hydrogens is 346 g/mol. The molecule has 2 aliphatic heterocycles. The molecule has 8 heteroatoms. The van der Waals surface area contributed by atoms with Crippen LogP contribution in [0.4, 0.5) is 17.6 Å². The van der Waals surface area contributed by atoms with Gasteiger partial charge >= 0.3 is 6.18 Å². The summed E-state index contributed by atoms with van der Waals surface area (Å²) in [6.07, 6.45) is -3.61. The van der Waals surface area contributed by atoms with Crippen LogP contribution in [0.5, 0.6) is 0 Å². The number of rotatable bonds is 3. The van der Waals surface area contributed by atoms with Crippen molar-refractivity contribution in [2.45, 2.75) is 25.2 Å². The maximum absolute atomic E-state index is 13.3. The van der Waals surface area contributed by atoms with Gasteiger partial charge in [0, 0.05) is 51.9 Å². The van der Waals surface area contributed by atoms with E-state index in [0.717, 1.165) is 57.8 Å². The highest BCUT2D eigenvalue weighted by Gasteiger charge is 2.34. The van der Waals surface area contributed by atoms with Gasteiger partial charge in [-0.25, -0.2) is 4.39 Å². The molecule has 1 aromatic rings. The Morgan fingerprint density at radius 2 is 1.83 bits per heavy atom. The van der Waals surface area contributed by atoms with Gasteiger partial charge in [0.1, 0.15) is 5.82 Å². The van der Waals surface area contributed by atoms with Crippen LogP contribution < -0.4 is 5.32 Å². The Balaban J connectivity index is 0.00000208. The van der Waals surface area contributed by atoms with Gasteiger partial charge < -0.3 is 5.32 Å². The molecule has 24 heavy (non-hydrogen) atoms. The fourth-order valence-corrected chi connectivity index (χ4v) is 3.45. The lowest BCUT2D eigenvalue weighted by Crippen LogP contribution is -2.49. The first-order valence-electron chi connectivity index (χ1n) is 7.96. The molecule has 3 rings (SSSR count). The van der Waals surface area contributed by atoms with Crippen molar-refractivity contribution in [3.05, 3.63) is 35.1 Å². The Hall–Kier alpha value is -0.890. The van der Waals surface area contributed by atoms with Crippen molar-refractivity contribution >= 4 is 12.4 Å². The fourth-order valence-electron chi connectivity index (χ4n) is 3.45. The smallest absolute Gasteiger partial charge is 0.314 e. The lowest BCUT2D eigenvalue weighted by Gasteiger charge is -2.32. The molecule has 2 aliphatic rings. The molecule has 0 aliphatic carbocycles. The Labute approximate surface area is 145 Å². The van der Waals surface area contributed by atoms with Gasteiger partial charge in [0.2, 0.25) is 0 Å². The van der Waals surface area contributed by atoms with Crippen LogP contribution in [-0.2, 0) is 12.7 Å². The molecule has 0 saturated carbocycles. The molecule has 0 radical (unpaired) electrons. The third kappa shape index (κ3) is 4.59. The van der Waals surface area contributed by atoms with E-state index in [1.54, 1.807) is 0 Å². The molecule has 2 heterocycles. The summed E-state index contributed by atoms with van der Waals surface area (Å²) in [4.78, 5) is 4.60. The molecule has 0 spiro atoms. The van der Waals surface area contributed by atoms with Gasteiger partial charge in [-0.3, -0.25) is 9.80 Å². The van der Waals surface area contributed by atoms with Crippen molar-refractivity contribution in [1.82, 2.24) is 15.1 Å². The van der Waals surface area contributed by atoms with E-state index in [4.69, 9.17) is 0 Å². The lowest BCUT2D eigenvalue weighted by molar-refractivity contribution is -0.140. The van der Waals surface area contributed by atoms with E-state index in [1.807, 2.05) is 0 Å². The van der Waals surface area contributed by atoms with Gasteiger partial charge in [-0.1, -0.05) is 6.07 Å². The standard InChI is InChI=1S/C16H21F4N3.ClH/c17-15-2-1-12(9-14(15)16(18,19)20)10-22-6-3-13(11-22)23-7-4-21-5-8-23;/h1-2,9,13,21H,3-8,10-11H2;1H. The van der Waals surface area contributed by atoms with E-state index in [0.29, 0.717) is 18.2 Å². The van der Waals surface area contributed by atoms with Gasteiger partial charge in [-0.05, 0) is 24.1 Å². The number of piperazine rings is 1. The fraction of sp³-hybridized carbons (Fsp3) is 0.625. The first-order chi connectivity index (χ1) is 10.9. The minimum atomic E-state index is -4.64. The van der Waals surface area contributed by atoms with Crippen molar-refractivity contribution < 1.29 is 17.6 Å². The number of nitrogens with one attached hydrogen (secondary N) is 1. The zero-order chi connectivity index (χ0) is 16.4. The van der Waals surface area contributed by atoms with Crippen molar-refractivity contribution in [3.8, 4) is 0 Å². The van der Waals surface area contributed by atoms with Gasteiger partial charge in [-0.2, -0.15) is 13.2 Å². The maximum Gasteiger partial charge on any atom is 0.419 e. The van der Waals surface area contributed by atoms with Crippen LogP contribution in [0, 0.1) is 5.82 Å². The molecule has 1 atom stereocenters. The Morgan fingerprint density at radius 1 is 1.12 bits per heavy atom. The van der Waals surface area contributed by atoms with Gasteiger partial charge in [0.25, 0.3) is 0 Å². The van der Waals surface area contributed by atoms with Crippen molar-refractivity contribution in [2.24, 2.45) is 0 Å². The van der Waals surface area contributed by atoms with Crippen molar-refractivity contribution in [2.75, 3.05) is 39.3 Å². The second kappa shape index (κ2) is 7.99. The minimum Gasteiger partial charge on any atom is -0.314 e. The minimum absolute atomic E-state index is 0. The molecular formula is C16H22ClF4N3. The third-order valence-corrected chi connectivity index (χ3v) is 4.66. The highest BCUT2D eigenvalue weighted by atomic mass is 35.5. The average molecular weight is 368 g/mol. The van der Waals surface area contributed by atoms with E-state index in [2.05, 4.69) is 15.1 Å². The summed E-state index contributed by atoms with van der Waals surface area (Å²) >= 11 is 0. The van der Waals surface area contributed by atoms with Gasteiger partial charge in [0.05, 0.1) is 5.56 Å². The molecule has 1 unspecified atom stereocenters. The quantitative estimate of drug-likeness (QED) is 0.829. The van der Waals surface area contributed by atoms with E-state index in [-0.39, 0.29) is 12.4 Å². The molecule has 2 saturated heterocycles. The molecule has 1 aromatic carbocycles. The van der Waals surface area contributed by atoms with Gasteiger partial charge in [0.15, 0.2) is 0 Å². The summed E-state index contributed by atoms with van der Waals surface area (Å²) in [5, 5.41) is 3.32. The summed E-state index contributed by atoms with van der Waals surface area (Å²) in [5.74, 6) is -1.21. The Bertz CT molecular complexity index is 547. The van der Waals surface area contributed by atoms with Gasteiger partial charge in [-0.15, -0.1) is 12.4 Å². The second-order valence-electron chi connectivity index (χ2n) is 6.28. The molecule has 1 N–H and O–H groups in total. The first kappa shape index (κ1) is 19.4. The molecule has 3 nitrogen and oxygen atoms in total. The van der Waals surface area contributed by atoms with E-state index in [1.165, 1.54) is 6.07 Å². The Morgan fingerprint density at radius 3 is 2.50 bits per heavy atom. The number of benzene rings is 1. The van der Waals surface area contributed by atoms with E-state index >= 15 is 0 Å². The number of halogens is 5.